The van der Waals surface area contributed by atoms with Gasteiger partial charge in [-0.05, 0) is 31.7 Å². The minimum atomic E-state index is -0.0903. The summed E-state index contributed by atoms with van der Waals surface area (Å²) in [5.41, 5.74) is 2.02. The number of hydrogen-bond acceptors (Lipinski definition) is 3. The minimum Gasteiger partial charge on any atom is -0.305 e. The molecule has 4 nitrogen and oxygen atoms in total. The fraction of sp³-hybridized carbons (Fsp3) is 0.308. The van der Waals surface area contributed by atoms with E-state index in [1.807, 2.05) is 0 Å². The van der Waals surface area contributed by atoms with Crippen LogP contribution in [0.4, 0.5) is 0 Å². The topological polar surface area (TPSA) is 58.6 Å². The van der Waals surface area contributed by atoms with Crippen molar-refractivity contribution in [2.45, 2.75) is 25.7 Å². The van der Waals surface area contributed by atoms with Crippen molar-refractivity contribution >= 4 is 23.2 Å². The molecule has 1 N–H and O–H groups in total. The Kier molecular flexibility index (Phi) is 3.29. The molecule has 0 saturated carbocycles. The van der Waals surface area contributed by atoms with E-state index in [9.17, 15) is 4.79 Å². The first kappa shape index (κ1) is 12.6. The van der Waals surface area contributed by atoms with E-state index in [0.717, 1.165) is 36.9 Å². The highest BCUT2D eigenvalue weighted by Crippen LogP contribution is 2.26. The number of pyridine rings is 1. The van der Waals surface area contributed by atoms with Gasteiger partial charge in [-0.25, -0.2) is 9.97 Å². The van der Waals surface area contributed by atoms with E-state index in [4.69, 9.17) is 23.2 Å². The Hall–Kier alpha value is -1.39. The van der Waals surface area contributed by atoms with Crippen molar-refractivity contribution in [2.75, 3.05) is 0 Å². The van der Waals surface area contributed by atoms with Crippen molar-refractivity contribution < 1.29 is 0 Å². The third-order valence-corrected chi connectivity index (χ3v) is 3.72. The highest BCUT2D eigenvalue weighted by atomic mass is 35.5. The van der Waals surface area contributed by atoms with Crippen LogP contribution >= 0.6 is 23.2 Å². The minimum absolute atomic E-state index is 0.0903. The van der Waals surface area contributed by atoms with Crippen LogP contribution in [-0.4, -0.2) is 15.0 Å². The highest BCUT2D eigenvalue weighted by Gasteiger charge is 2.17. The van der Waals surface area contributed by atoms with E-state index >= 15 is 0 Å². The van der Waals surface area contributed by atoms with Crippen molar-refractivity contribution in [1.82, 2.24) is 15.0 Å². The van der Waals surface area contributed by atoms with Gasteiger partial charge in [-0.2, -0.15) is 0 Å². The molecule has 1 aliphatic carbocycles. The molecule has 19 heavy (non-hydrogen) atoms. The normalized spacial score (nSPS) is 14.2. The van der Waals surface area contributed by atoms with Gasteiger partial charge in [0.25, 0.3) is 5.56 Å². The molecule has 3 rings (SSSR count). The Morgan fingerprint density at radius 2 is 2.00 bits per heavy atom. The van der Waals surface area contributed by atoms with Crippen LogP contribution in [0.5, 0.6) is 0 Å². The van der Waals surface area contributed by atoms with Crippen molar-refractivity contribution in [2.24, 2.45) is 0 Å². The third kappa shape index (κ3) is 2.38. The van der Waals surface area contributed by atoms with Gasteiger partial charge in [0, 0.05) is 11.8 Å². The molecule has 0 unspecified atom stereocenters. The van der Waals surface area contributed by atoms with E-state index < -0.39 is 0 Å². The second-order valence-electron chi connectivity index (χ2n) is 4.53. The zero-order chi connectivity index (χ0) is 13.4. The van der Waals surface area contributed by atoms with Crippen LogP contribution in [0.25, 0.3) is 11.5 Å². The summed E-state index contributed by atoms with van der Waals surface area (Å²) in [5.74, 6) is 0.410. The average Bonchev–Trinajstić information content (AvgIpc) is 2.38. The zero-order valence-corrected chi connectivity index (χ0v) is 11.6. The molecule has 0 fully saturated rings. The molecule has 0 aromatic carbocycles. The molecule has 0 saturated heterocycles. The smallest absolute Gasteiger partial charge is 0.254 e. The Morgan fingerprint density at radius 3 is 2.79 bits per heavy atom. The summed E-state index contributed by atoms with van der Waals surface area (Å²) in [7, 11) is 0. The molecule has 0 atom stereocenters. The van der Waals surface area contributed by atoms with Gasteiger partial charge in [0.05, 0.1) is 15.7 Å². The summed E-state index contributed by atoms with van der Waals surface area (Å²) in [6, 6.07) is 1.59. The molecular formula is C13H11Cl2N3O. The molecule has 0 aliphatic heterocycles. The largest absolute Gasteiger partial charge is 0.305 e. The van der Waals surface area contributed by atoms with Gasteiger partial charge in [0.1, 0.15) is 5.69 Å². The van der Waals surface area contributed by atoms with Crippen LogP contribution in [0.2, 0.25) is 10.0 Å². The van der Waals surface area contributed by atoms with Gasteiger partial charge < -0.3 is 4.98 Å². The molecule has 2 aromatic rings. The number of aromatic nitrogens is 3. The van der Waals surface area contributed by atoms with Crippen LogP contribution in [0.15, 0.2) is 17.1 Å². The lowest BCUT2D eigenvalue weighted by Crippen LogP contribution is -2.21. The maximum atomic E-state index is 12.0. The second kappa shape index (κ2) is 4.94. The first-order valence-electron chi connectivity index (χ1n) is 6.08. The summed E-state index contributed by atoms with van der Waals surface area (Å²) in [6.07, 6.45) is 5.21. The lowest BCUT2D eigenvalue weighted by Gasteiger charge is -2.14. The summed E-state index contributed by atoms with van der Waals surface area (Å²) < 4.78 is 0. The molecule has 0 amide bonds. The number of nitrogens with one attached hydrogen (secondary N) is 1. The van der Waals surface area contributed by atoms with E-state index in [2.05, 4.69) is 15.0 Å². The molecule has 0 spiro atoms. The van der Waals surface area contributed by atoms with Crippen LogP contribution < -0.4 is 5.56 Å². The fourth-order valence-corrected chi connectivity index (χ4v) is 2.77. The zero-order valence-electron chi connectivity index (χ0n) is 10.0. The molecule has 1 aliphatic rings. The van der Waals surface area contributed by atoms with Gasteiger partial charge >= 0.3 is 0 Å². The number of halogens is 2. The quantitative estimate of drug-likeness (QED) is 0.880. The molecule has 0 radical (unpaired) electrons. The number of hydrogen-bond donors (Lipinski definition) is 1. The summed E-state index contributed by atoms with van der Waals surface area (Å²) >= 11 is 11.9. The van der Waals surface area contributed by atoms with Crippen LogP contribution in [0, 0.1) is 0 Å². The molecule has 2 aromatic heterocycles. The van der Waals surface area contributed by atoms with Crippen LogP contribution in [0.3, 0.4) is 0 Å². The maximum absolute atomic E-state index is 12.0. The van der Waals surface area contributed by atoms with Crippen LogP contribution in [-0.2, 0) is 12.8 Å². The molecule has 6 heteroatoms. The van der Waals surface area contributed by atoms with Crippen molar-refractivity contribution in [1.29, 1.82) is 0 Å². The van der Waals surface area contributed by atoms with E-state index in [-0.39, 0.29) is 5.56 Å². The maximum Gasteiger partial charge on any atom is 0.254 e. The fourth-order valence-electron chi connectivity index (χ4n) is 2.30. The average molecular weight is 296 g/mol. The van der Waals surface area contributed by atoms with Gasteiger partial charge in [-0.15, -0.1) is 0 Å². The Bertz CT molecular complexity index is 697. The number of aromatic amines is 1. The number of rotatable bonds is 1. The Morgan fingerprint density at radius 1 is 1.21 bits per heavy atom. The van der Waals surface area contributed by atoms with Gasteiger partial charge in [-0.1, -0.05) is 23.2 Å². The monoisotopic (exact) mass is 295 g/mol. The molecular weight excluding hydrogens is 285 g/mol. The highest BCUT2D eigenvalue weighted by molar-refractivity contribution is 6.35. The van der Waals surface area contributed by atoms with Gasteiger partial charge in [0.15, 0.2) is 5.82 Å². The summed E-state index contributed by atoms with van der Waals surface area (Å²) in [5, 5.41) is 0.834. The predicted octanol–water partition coefficient (Wildman–Crippen LogP) is 3.02. The first-order valence-corrected chi connectivity index (χ1v) is 6.84. The number of H-pyrrole nitrogens is 1. The van der Waals surface area contributed by atoms with Gasteiger partial charge in [-0.3, -0.25) is 4.79 Å². The van der Waals surface area contributed by atoms with E-state index in [1.165, 1.54) is 6.20 Å². The van der Waals surface area contributed by atoms with Crippen molar-refractivity contribution in [3.63, 3.8) is 0 Å². The Labute approximate surface area is 119 Å². The molecule has 2 heterocycles. The number of fused-ring (bicyclic) bond motifs is 1. The Balaban J connectivity index is 2.15. The predicted molar refractivity (Wildman–Crippen MR) is 74.8 cm³/mol. The summed E-state index contributed by atoms with van der Waals surface area (Å²) in [4.78, 5) is 23.4. The lowest BCUT2D eigenvalue weighted by atomic mass is 9.97. The van der Waals surface area contributed by atoms with E-state index in [0.29, 0.717) is 21.6 Å². The van der Waals surface area contributed by atoms with Crippen LogP contribution in [0.1, 0.15) is 24.1 Å². The standard InChI is InChI=1S/C13H11Cl2N3O/c14-7-5-9(15)11(16-6-7)12-17-10-4-2-1-3-8(10)13(19)18-12/h5-6H,1-4H2,(H,17,18,19). The number of aryl methyl sites for hydroxylation is 1. The first-order chi connectivity index (χ1) is 9.15. The van der Waals surface area contributed by atoms with E-state index in [1.54, 1.807) is 6.07 Å². The summed E-state index contributed by atoms with van der Waals surface area (Å²) in [6.45, 7) is 0. The molecule has 0 bridgehead atoms. The SMILES string of the molecule is O=c1[nH]c(-c2ncc(Cl)cc2Cl)nc2c1CCCC2. The van der Waals surface area contributed by atoms with Gasteiger partial charge in [0.2, 0.25) is 0 Å². The van der Waals surface area contributed by atoms with Crippen molar-refractivity contribution in [3.05, 3.63) is 43.9 Å². The third-order valence-electron chi connectivity index (χ3n) is 3.22. The molecule has 98 valence electrons. The van der Waals surface area contributed by atoms with Crippen molar-refractivity contribution in [3.8, 4) is 11.5 Å². The lowest BCUT2D eigenvalue weighted by molar-refractivity contribution is 0.657. The second-order valence-corrected chi connectivity index (χ2v) is 5.37. The number of nitrogens with zero attached hydrogens (tertiary/aromatic N) is 2.